The Bertz CT molecular complexity index is 799. The van der Waals surface area contributed by atoms with Crippen LogP contribution in [0.4, 0.5) is 5.69 Å². The summed E-state index contributed by atoms with van der Waals surface area (Å²) in [5.41, 5.74) is 0.719. The van der Waals surface area contributed by atoms with Gasteiger partial charge in [-0.2, -0.15) is 0 Å². The number of hydrogen-bond donors (Lipinski definition) is 1. The maximum Gasteiger partial charge on any atom is 0.240 e. The molecule has 1 aromatic rings. The molecule has 2 fully saturated rings. The molecule has 6 nitrogen and oxygen atoms in total. The molecule has 0 bridgehead atoms. The zero-order valence-corrected chi connectivity index (χ0v) is 15.4. The summed E-state index contributed by atoms with van der Waals surface area (Å²) in [5, 5.41) is 2.90. The van der Waals surface area contributed by atoms with Gasteiger partial charge in [-0.05, 0) is 37.3 Å². The fourth-order valence-electron chi connectivity index (χ4n) is 3.44. The molecule has 0 radical (unpaired) electrons. The Morgan fingerprint density at radius 2 is 1.96 bits per heavy atom. The van der Waals surface area contributed by atoms with Gasteiger partial charge in [-0.1, -0.05) is 25.1 Å². The highest BCUT2D eigenvalue weighted by atomic mass is 32.2. The first-order chi connectivity index (χ1) is 11.8. The minimum Gasteiger partial charge on any atom is -0.341 e. The van der Waals surface area contributed by atoms with Gasteiger partial charge in [0.2, 0.25) is 11.8 Å². The summed E-state index contributed by atoms with van der Waals surface area (Å²) in [5.74, 6) is -0.448. The van der Waals surface area contributed by atoms with Crippen LogP contribution in [0.3, 0.4) is 0 Å². The number of hydrogen-bond acceptors (Lipinski definition) is 4. The molecule has 1 unspecified atom stereocenters. The molecule has 0 spiro atoms. The van der Waals surface area contributed by atoms with Gasteiger partial charge in [0.25, 0.3) is 0 Å². The summed E-state index contributed by atoms with van der Waals surface area (Å²) in [7, 11) is -1.46. The molecule has 0 aromatic heterocycles. The van der Waals surface area contributed by atoms with Gasteiger partial charge in [-0.3, -0.25) is 9.59 Å². The van der Waals surface area contributed by atoms with Gasteiger partial charge in [0, 0.05) is 18.8 Å². The number of nitrogens with one attached hydrogen (secondary N) is 1. The van der Waals surface area contributed by atoms with Gasteiger partial charge in [0.15, 0.2) is 9.84 Å². The van der Waals surface area contributed by atoms with E-state index in [0.29, 0.717) is 19.3 Å². The van der Waals surface area contributed by atoms with Gasteiger partial charge in [0.05, 0.1) is 11.5 Å². The molecule has 1 aliphatic carbocycles. The number of nitrogens with zero attached hydrogens (tertiary/aromatic N) is 1. The van der Waals surface area contributed by atoms with Crippen molar-refractivity contribution < 1.29 is 18.0 Å². The van der Waals surface area contributed by atoms with Crippen molar-refractivity contribution in [2.24, 2.45) is 5.41 Å². The Balaban J connectivity index is 1.73. The third kappa shape index (κ3) is 3.42. The molecule has 3 rings (SSSR count). The first-order valence-electron chi connectivity index (χ1n) is 8.66. The summed E-state index contributed by atoms with van der Waals surface area (Å²) in [6.45, 7) is 2.01. The number of carbonyl (C=O) groups is 2. The van der Waals surface area contributed by atoms with Gasteiger partial charge in [0.1, 0.15) is 5.41 Å². The van der Waals surface area contributed by atoms with E-state index in [9.17, 15) is 18.0 Å². The molecule has 1 N–H and O–H groups in total. The van der Waals surface area contributed by atoms with Crippen LogP contribution in [0.5, 0.6) is 0 Å². The normalized spacial score (nSPS) is 23.0. The van der Waals surface area contributed by atoms with E-state index in [1.165, 1.54) is 4.90 Å². The zero-order valence-electron chi connectivity index (χ0n) is 14.6. The first-order valence-corrected chi connectivity index (χ1v) is 10.5. The fraction of sp³-hybridized carbons (Fsp3) is 0.556. The smallest absolute Gasteiger partial charge is 0.240 e. The van der Waals surface area contributed by atoms with Crippen molar-refractivity contribution in [3.8, 4) is 0 Å². The Morgan fingerprint density at radius 3 is 2.52 bits per heavy atom. The lowest BCUT2D eigenvalue weighted by Crippen LogP contribution is -2.46. The van der Waals surface area contributed by atoms with E-state index in [0.717, 1.165) is 17.7 Å². The molecular weight excluding hydrogens is 340 g/mol. The van der Waals surface area contributed by atoms with Crippen molar-refractivity contribution in [3.05, 3.63) is 29.8 Å². The maximum absolute atomic E-state index is 12.9. The van der Waals surface area contributed by atoms with Crippen LogP contribution in [-0.4, -0.2) is 49.7 Å². The number of rotatable bonds is 5. The predicted octanol–water partition coefficient (Wildman–Crippen LogP) is 1.61. The van der Waals surface area contributed by atoms with E-state index in [1.54, 1.807) is 7.05 Å². The Morgan fingerprint density at radius 1 is 1.28 bits per heavy atom. The quantitative estimate of drug-likeness (QED) is 0.805. The average Bonchev–Trinajstić information content (AvgIpc) is 3.32. The number of sulfone groups is 1. The monoisotopic (exact) mass is 364 g/mol. The largest absolute Gasteiger partial charge is 0.341 e. The molecule has 1 aliphatic heterocycles. The highest BCUT2D eigenvalue weighted by Crippen LogP contribution is 2.48. The molecule has 25 heavy (non-hydrogen) atoms. The standard InChI is InChI=1S/C18H24N2O4S/c1-3-13-6-4-5-7-15(13)19-16(21)18(9-10-18)17(22)20(2)14-8-11-25(23,24)12-14/h4-7,14H,3,8-12H2,1-2H3,(H,19,21). The van der Waals surface area contributed by atoms with Crippen LogP contribution in [0.25, 0.3) is 0 Å². The van der Waals surface area contributed by atoms with Crippen LogP contribution in [0.2, 0.25) is 0 Å². The van der Waals surface area contributed by atoms with Gasteiger partial charge < -0.3 is 10.2 Å². The van der Waals surface area contributed by atoms with Crippen LogP contribution in [0.1, 0.15) is 31.7 Å². The molecule has 7 heteroatoms. The third-order valence-corrected chi connectivity index (χ3v) is 7.07. The maximum atomic E-state index is 12.9. The zero-order chi connectivity index (χ0) is 18.2. The summed E-state index contributed by atoms with van der Waals surface area (Å²) in [6.07, 6.45) is 2.25. The summed E-state index contributed by atoms with van der Waals surface area (Å²) >= 11 is 0. The van der Waals surface area contributed by atoms with Crippen LogP contribution < -0.4 is 5.32 Å². The van der Waals surface area contributed by atoms with E-state index in [2.05, 4.69) is 5.32 Å². The van der Waals surface area contributed by atoms with E-state index >= 15 is 0 Å². The van der Waals surface area contributed by atoms with Crippen LogP contribution in [-0.2, 0) is 25.8 Å². The van der Waals surface area contributed by atoms with Gasteiger partial charge in [-0.15, -0.1) is 0 Å². The number of para-hydroxylation sites is 1. The number of amides is 2. The first kappa shape index (κ1) is 17.9. The Labute approximate surface area is 148 Å². The van der Waals surface area contributed by atoms with E-state index in [4.69, 9.17) is 0 Å². The average molecular weight is 364 g/mol. The minimum absolute atomic E-state index is 0.00833. The molecule has 1 saturated carbocycles. The SMILES string of the molecule is CCc1ccccc1NC(=O)C1(C(=O)N(C)C2CCS(=O)(=O)C2)CC1. The number of benzene rings is 1. The van der Waals surface area contributed by atoms with Gasteiger partial charge in [-0.25, -0.2) is 8.42 Å². The Kier molecular flexibility index (Phi) is 4.62. The van der Waals surface area contributed by atoms with Crippen molar-refractivity contribution in [2.75, 3.05) is 23.9 Å². The second-order valence-electron chi connectivity index (χ2n) is 7.02. The van der Waals surface area contributed by atoms with Crippen molar-refractivity contribution in [3.63, 3.8) is 0 Å². The lowest BCUT2D eigenvalue weighted by Gasteiger charge is -2.27. The molecule has 1 heterocycles. The summed E-state index contributed by atoms with van der Waals surface area (Å²) < 4.78 is 23.3. The fourth-order valence-corrected chi connectivity index (χ4v) is 5.21. The second kappa shape index (κ2) is 6.44. The molecule has 136 valence electrons. The van der Waals surface area contributed by atoms with Crippen molar-refractivity contribution >= 4 is 27.3 Å². The summed E-state index contributed by atoms with van der Waals surface area (Å²) in [6, 6.07) is 7.23. The predicted molar refractivity (Wildman–Crippen MR) is 95.9 cm³/mol. The number of anilines is 1. The van der Waals surface area contributed by atoms with Crippen molar-refractivity contribution in [2.45, 2.75) is 38.6 Å². The van der Waals surface area contributed by atoms with E-state index < -0.39 is 15.3 Å². The van der Waals surface area contributed by atoms with Crippen LogP contribution in [0.15, 0.2) is 24.3 Å². The summed E-state index contributed by atoms with van der Waals surface area (Å²) in [4.78, 5) is 27.1. The van der Waals surface area contributed by atoms with Crippen LogP contribution in [0, 0.1) is 5.41 Å². The van der Waals surface area contributed by atoms with Gasteiger partial charge >= 0.3 is 0 Å². The molecular formula is C18H24N2O4S. The molecule has 1 atom stereocenters. The van der Waals surface area contributed by atoms with Crippen molar-refractivity contribution in [1.29, 1.82) is 0 Å². The van der Waals surface area contributed by atoms with E-state index in [1.807, 2.05) is 31.2 Å². The molecule has 1 aromatic carbocycles. The second-order valence-corrected chi connectivity index (χ2v) is 9.25. The number of aryl methyl sites for hydroxylation is 1. The molecule has 1 saturated heterocycles. The topological polar surface area (TPSA) is 83.6 Å². The molecule has 2 aliphatic rings. The highest BCUT2D eigenvalue weighted by molar-refractivity contribution is 7.91. The molecule has 2 amide bonds. The third-order valence-electron chi connectivity index (χ3n) is 5.32. The lowest BCUT2D eigenvalue weighted by molar-refractivity contribution is -0.142. The van der Waals surface area contributed by atoms with E-state index in [-0.39, 0.29) is 29.4 Å². The van der Waals surface area contributed by atoms with Crippen LogP contribution >= 0.6 is 0 Å². The Hall–Kier alpha value is -1.89. The number of carbonyl (C=O) groups excluding carboxylic acids is 2. The highest BCUT2D eigenvalue weighted by Gasteiger charge is 2.58. The van der Waals surface area contributed by atoms with Crippen molar-refractivity contribution in [1.82, 2.24) is 4.90 Å². The minimum atomic E-state index is -3.07. The lowest BCUT2D eigenvalue weighted by atomic mass is 10.0.